The van der Waals surface area contributed by atoms with E-state index < -0.39 is 5.60 Å². The van der Waals surface area contributed by atoms with Crippen molar-refractivity contribution in [2.45, 2.75) is 12.0 Å². The second-order valence-electron chi connectivity index (χ2n) is 5.25. The van der Waals surface area contributed by atoms with E-state index in [9.17, 15) is 9.90 Å². The van der Waals surface area contributed by atoms with Crippen LogP contribution in [-0.4, -0.2) is 61.1 Å². The first-order chi connectivity index (χ1) is 10.1. The Hall–Kier alpha value is -2.25. The Morgan fingerprint density at radius 2 is 2.29 bits per heavy atom. The predicted octanol–water partition coefficient (Wildman–Crippen LogP) is -0.163. The number of β-amino-alcohol motifs (C(OH)–C–C–N with tert-alkyl or cyclic N) is 1. The van der Waals surface area contributed by atoms with Gasteiger partial charge in [0.25, 0.3) is 5.91 Å². The zero-order valence-corrected chi connectivity index (χ0v) is 11.4. The molecular weight excluding hydrogens is 272 g/mol. The Kier molecular flexibility index (Phi) is 3.44. The summed E-state index contributed by atoms with van der Waals surface area (Å²) < 4.78 is 1.57. The fourth-order valence-corrected chi connectivity index (χ4v) is 2.46. The smallest absolute Gasteiger partial charge is 0.254 e. The zero-order valence-electron chi connectivity index (χ0n) is 11.4. The summed E-state index contributed by atoms with van der Waals surface area (Å²) in [4.78, 5) is 17.9. The highest BCUT2D eigenvalue weighted by atomic mass is 16.3. The van der Waals surface area contributed by atoms with Crippen molar-refractivity contribution in [3.05, 3.63) is 42.5 Å². The van der Waals surface area contributed by atoms with Crippen LogP contribution in [0.15, 0.2) is 36.9 Å². The van der Waals surface area contributed by atoms with Gasteiger partial charge in [-0.25, -0.2) is 9.67 Å². The molecule has 1 saturated heterocycles. The SMILES string of the molecule is O=C(c1cccc(-n2cncn2)c1)N1CCC(O)(CO)C1. The summed E-state index contributed by atoms with van der Waals surface area (Å²) >= 11 is 0. The number of carbonyl (C=O) groups excluding carboxylic acids is 1. The van der Waals surface area contributed by atoms with E-state index in [2.05, 4.69) is 10.1 Å². The summed E-state index contributed by atoms with van der Waals surface area (Å²) in [5, 5.41) is 23.2. The number of aliphatic hydroxyl groups excluding tert-OH is 1. The van der Waals surface area contributed by atoms with Gasteiger partial charge in [0.15, 0.2) is 0 Å². The summed E-state index contributed by atoms with van der Waals surface area (Å²) in [5.74, 6) is -0.165. The van der Waals surface area contributed by atoms with Crippen LogP contribution in [0.25, 0.3) is 5.69 Å². The van der Waals surface area contributed by atoms with Gasteiger partial charge in [0.05, 0.1) is 18.8 Å². The van der Waals surface area contributed by atoms with Gasteiger partial charge in [0, 0.05) is 12.1 Å². The lowest BCUT2D eigenvalue weighted by Crippen LogP contribution is -2.38. The second-order valence-corrected chi connectivity index (χ2v) is 5.25. The summed E-state index contributed by atoms with van der Waals surface area (Å²) in [7, 11) is 0. The van der Waals surface area contributed by atoms with E-state index >= 15 is 0 Å². The van der Waals surface area contributed by atoms with Gasteiger partial charge in [-0.15, -0.1) is 0 Å². The summed E-state index contributed by atoms with van der Waals surface area (Å²) in [6, 6.07) is 7.06. The Morgan fingerprint density at radius 3 is 2.95 bits per heavy atom. The molecule has 1 aromatic carbocycles. The van der Waals surface area contributed by atoms with Crippen LogP contribution in [0.5, 0.6) is 0 Å². The van der Waals surface area contributed by atoms with Crippen LogP contribution >= 0.6 is 0 Å². The van der Waals surface area contributed by atoms with Crippen molar-refractivity contribution < 1.29 is 15.0 Å². The summed E-state index contributed by atoms with van der Waals surface area (Å²) in [6.07, 6.45) is 3.37. The number of hydrogen-bond donors (Lipinski definition) is 2. The molecule has 1 aliphatic rings. The van der Waals surface area contributed by atoms with Crippen molar-refractivity contribution in [2.24, 2.45) is 0 Å². The molecule has 0 saturated carbocycles. The highest BCUT2D eigenvalue weighted by Gasteiger charge is 2.37. The highest BCUT2D eigenvalue weighted by molar-refractivity contribution is 5.95. The molecule has 2 N–H and O–H groups in total. The van der Waals surface area contributed by atoms with Gasteiger partial charge in [-0.3, -0.25) is 4.79 Å². The number of amides is 1. The molecule has 1 fully saturated rings. The molecule has 0 bridgehead atoms. The van der Waals surface area contributed by atoms with Crippen LogP contribution in [0.1, 0.15) is 16.8 Å². The van der Waals surface area contributed by atoms with Crippen LogP contribution in [0.2, 0.25) is 0 Å². The average molecular weight is 288 g/mol. The molecule has 1 amide bonds. The van der Waals surface area contributed by atoms with Gasteiger partial charge in [0.1, 0.15) is 18.3 Å². The zero-order chi connectivity index (χ0) is 14.9. The Bertz CT molecular complexity index is 643. The quantitative estimate of drug-likeness (QED) is 0.818. The van der Waals surface area contributed by atoms with Gasteiger partial charge in [-0.1, -0.05) is 6.07 Å². The number of rotatable bonds is 3. The summed E-state index contributed by atoms with van der Waals surface area (Å²) in [6.45, 7) is 0.245. The molecular formula is C14H16N4O3. The molecule has 0 radical (unpaired) electrons. The molecule has 7 heteroatoms. The Morgan fingerprint density at radius 1 is 1.43 bits per heavy atom. The number of aromatic nitrogens is 3. The summed E-state index contributed by atoms with van der Waals surface area (Å²) in [5.41, 5.74) is 0.0827. The van der Waals surface area contributed by atoms with Gasteiger partial charge >= 0.3 is 0 Å². The topological polar surface area (TPSA) is 91.5 Å². The number of benzene rings is 1. The minimum atomic E-state index is -1.18. The van der Waals surface area contributed by atoms with Crippen molar-refractivity contribution in [1.82, 2.24) is 19.7 Å². The molecule has 1 unspecified atom stereocenters. The first kappa shape index (κ1) is 13.7. The third-order valence-corrected chi connectivity index (χ3v) is 3.69. The number of nitrogens with zero attached hydrogens (tertiary/aromatic N) is 4. The van der Waals surface area contributed by atoms with Crippen LogP contribution in [0, 0.1) is 0 Å². The fourth-order valence-electron chi connectivity index (χ4n) is 2.46. The van der Waals surface area contributed by atoms with Crippen molar-refractivity contribution in [2.75, 3.05) is 19.7 Å². The van der Waals surface area contributed by atoms with Crippen LogP contribution in [0.3, 0.4) is 0 Å². The lowest BCUT2D eigenvalue weighted by molar-refractivity contribution is -0.00455. The van der Waals surface area contributed by atoms with Gasteiger partial charge in [-0.2, -0.15) is 5.10 Å². The maximum absolute atomic E-state index is 12.5. The molecule has 1 atom stereocenters. The standard InChI is InChI=1S/C14H16N4O3/c19-8-14(21)4-5-17(7-14)13(20)11-2-1-3-12(6-11)18-10-15-9-16-18/h1-3,6,9-10,19,21H,4-5,7-8H2. The largest absolute Gasteiger partial charge is 0.393 e. The number of likely N-dealkylation sites (tertiary alicyclic amines) is 1. The van der Waals surface area contributed by atoms with Gasteiger partial charge in [0.2, 0.25) is 0 Å². The van der Waals surface area contributed by atoms with E-state index in [0.29, 0.717) is 18.5 Å². The minimum absolute atomic E-state index is 0.149. The molecule has 2 aromatic rings. The maximum atomic E-state index is 12.5. The van der Waals surface area contributed by atoms with E-state index in [1.165, 1.54) is 6.33 Å². The van der Waals surface area contributed by atoms with E-state index in [0.717, 1.165) is 5.69 Å². The van der Waals surface area contributed by atoms with Gasteiger partial charge < -0.3 is 15.1 Å². The van der Waals surface area contributed by atoms with Gasteiger partial charge in [-0.05, 0) is 24.6 Å². The third kappa shape index (κ3) is 2.65. The average Bonchev–Trinajstić information content (AvgIpc) is 3.17. The first-order valence-electron chi connectivity index (χ1n) is 6.69. The van der Waals surface area contributed by atoms with Crippen LogP contribution in [0.4, 0.5) is 0 Å². The van der Waals surface area contributed by atoms with Crippen molar-refractivity contribution >= 4 is 5.91 Å². The lowest BCUT2D eigenvalue weighted by atomic mass is 10.1. The number of carbonyl (C=O) groups is 1. The second kappa shape index (κ2) is 5.27. The molecule has 0 spiro atoms. The molecule has 1 aromatic heterocycles. The van der Waals surface area contributed by atoms with Crippen LogP contribution < -0.4 is 0 Å². The monoisotopic (exact) mass is 288 g/mol. The molecule has 21 heavy (non-hydrogen) atoms. The lowest BCUT2D eigenvalue weighted by Gasteiger charge is -2.21. The molecule has 7 nitrogen and oxygen atoms in total. The predicted molar refractivity (Wildman–Crippen MR) is 73.9 cm³/mol. The third-order valence-electron chi connectivity index (χ3n) is 3.69. The molecule has 3 rings (SSSR count). The highest BCUT2D eigenvalue weighted by Crippen LogP contribution is 2.23. The molecule has 2 heterocycles. The van der Waals surface area contributed by atoms with E-state index in [4.69, 9.17) is 5.11 Å². The number of aliphatic hydroxyl groups is 2. The van der Waals surface area contributed by atoms with E-state index in [1.807, 2.05) is 6.07 Å². The Labute approximate surface area is 121 Å². The van der Waals surface area contributed by atoms with Crippen molar-refractivity contribution in [3.63, 3.8) is 0 Å². The maximum Gasteiger partial charge on any atom is 0.254 e. The number of hydrogen-bond acceptors (Lipinski definition) is 5. The first-order valence-corrected chi connectivity index (χ1v) is 6.69. The normalized spacial score (nSPS) is 21.7. The van der Waals surface area contributed by atoms with Crippen molar-refractivity contribution in [3.8, 4) is 5.69 Å². The molecule has 1 aliphatic heterocycles. The molecule has 110 valence electrons. The molecule has 0 aliphatic carbocycles. The Balaban J connectivity index is 1.81. The van der Waals surface area contributed by atoms with Crippen LogP contribution in [-0.2, 0) is 0 Å². The fraction of sp³-hybridized carbons (Fsp3) is 0.357. The van der Waals surface area contributed by atoms with E-state index in [1.54, 1.807) is 34.1 Å². The van der Waals surface area contributed by atoms with E-state index in [-0.39, 0.29) is 19.1 Å². The minimum Gasteiger partial charge on any atom is -0.393 e. The van der Waals surface area contributed by atoms with Crippen molar-refractivity contribution in [1.29, 1.82) is 0 Å².